The van der Waals surface area contributed by atoms with E-state index < -0.39 is 10.0 Å². The molecule has 1 aromatic carbocycles. The summed E-state index contributed by atoms with van der Waals surface area (Å²) in [6.45, 7) is 4.91. The van der Waals surface area contributed by atoms with Crippen LogP contribution in [0.2, 0.25) is 0 Å². The van der Waals surface area contributed by atoms with Gasteiger partial charge in [0.2, 0.25) is 10.0 Å². The van der Waals surface area contributed by atoms with E-state index in [9.17, 15) is 13.2 Å². The number of hydrogen-bond acceptors (Lipinski definition) is 5. The molecule has 1 heterocycles. The number of rotatable bonds is 8. The summed E-state index contributed by atoms with van der Waals surface area (Å²) in [6, 6.07) is 6.14. The number of nitrogens with zero attached hydrogens (tertiary/aromatic N) is 2. The van der Waals surface area contributed by atoms with Crippen LogP contribution in [0.25, 0.3) is 0 Å². The lowest BCUT2D eigenvalue weighted by Gasteiger charge is -2.21. The zero-order valence-corrected chi connectivity index (χ0v) is 18.0. The Balaban J connectivity index is 1.72. The van der Waals surface area contributed by atoms with E-state index in [1.807, 2.05) is 13.8 Å². The van der Waals surface area contributed by atoms with E-state index in [0.717, 1.165) is 37.8 Å². The van der Waals surface area contributed by atoms with Crippen LogP contribution < -0.4 is 5.32 Å². The predicted octanol–water partition coefficient (Wildman–Crippen LogP) is 4.08. The van der Waals surface area contributed by atoms with E-state index >= 15 is 0 Å². The van der Waals surface area contributed by atoms with Crippen LogP contribution in [0, 0.1) is 0 Å². The number of sulfonamides is 1. The number of amides is 1. The van der Waals surface area contributed by atoms with Crippen LogP contribution in [0.4, 0.5) is 5.13 Å². The fourth-order valence-corrected chi connectivity index (χ4v) is 6.02. The second-order valence-corrected chi connectivity index (χ2v) is 10.0. The normalized spacial score (nSPS) is 14.1. The van der Waals surface area contributed by atoms with Crippen molar-refractivity contribution in [3.05, 3.63) is 40.4 Å². The summed E-state index contributed by atoms with van der Waals surface area (Å²) in [6.07, 6.45) is 5.84. The van der Waals surface area contributed by atoms with Gasteiger partial charge in [0.25, 0.3) is 5.91 Å². The lowest BCUT2D eigenvalue weighted by molar-refractivity contribution is 0.102. The standard InChI is InChI=1S/C20H27N3O3S2/c1-3-13-23(14-4-2)28(25,26)16-11-9-15(10-12-16)19(24)22-20-21-17-7-5-6-8-18(17)27-20/h9-12H,3-8,13-14H2,1-2H3,(H,21,22,24). The van der Waals surface area contributed by atoms with Crippen LogP contribution in [-0.2, 0) is 22.9 Å². The maximum Gasteiger partial charge on any atom is 0.257 e. The number of anilines is 1. The maximum atomic E-state index is 12.8. The number of aryl methyl sites for hydroxylation is 2. The quantitative estimate of drug-likeness (QED) is 0.696. The Labute approximate surface area is 171 Å². The molecule has 6 nitrogen and oxygen atoms in total. The summed E-state index contributed by atoms with van der Waals surface area (Å²) in [5.74, 6) is -0.269. The van der Waals surface area contributed by atoms with Crippen LogP contribution in [0.5, 0.6) is 0 Å². The molecule has 152 valence electrons. The van der Waals surface area contributed by atoms with Gasteiger partial charge >= 0.3 is 0 Å². The average molecular weight is 422 g/mol. The van der Waals surface area contributed by atoms with Crippen molar-refractivity contribution < 1.29 is 13.2 Å². The highest BCUT2D eigenvalue weighted by Gasteiger charge is 2.23. The third kappa shape index (κ3) is 4.61. The number of benzene rings is 1. The van der Waals surface area contributed by atoms with Gasteiger partial charge in [-0.05, 0) is 62.8 Å². The molecule has 1 N–H and O–H groups in total. The Morgan fingerprint density at radius 3 is 2.36 bits per heavy atom. The van der Waals surface area contributed by atoms with Gasteiger partial charge in [0.15, 0.2) is 5.13 Å². The van der Waals surface area contributed by atoms with Crippen LogP contribution in [0.3, 0.4) is 0 Å². The van der Waals surface area contributed by atoms with Crippen molar-refractivity contribution in [3.8, 4) is 0 Å². The molecule has 0 radical (unpaired) electrons. The molecule has 0 saturated carbocycles. The highest BCUT2D eigenvalue weighted by Crippen LogP contribution is 2.29. The highest BCUT2D eigenvalue weighted by molar-refractivity contribution is 7.89. The number of nitrogens with one attached hydrogen (secondary N) is 1. The Morgan fingerprint density at radius 2 is 1.75 bits per heavy atom. The van der Waals surface area contributed by atoms with Gasteiger partial charge in [0, 0.05) is 23.5 Å². The molecule has 0 spiro atoms. The predicted molar refractivity (Wildman–Crippen MR) is 112 cm³/mol. The van der Waals surface area contributed by atoms with Gasteiger partial charge in [-0.15, -0.1) is 11.3 Å². The summed E-state index contributed by atoms with van der Waals surface area (Å²) in [4.78, 5) is 18.5. The van der Waals surface area contributed by atoms with Crippen LogP contribution >= 0.6 is 11.3 Å². The molecular formula is C20H27N3O3S2. The van der Waals surface area contributed by atoms with Gasteiger partial charge < -0.3 is 0 Å². The molecule has 0 aliphatic heterocycles. The fraction of sp³-hybridized carbons (Fsp3) is 0.500. The topological polar surface area (TPSA) is 79.4 Å². The van der Waals surface area contributed by atoms with Crippen molar-refractivity contribution in [2.75, 3.05) is 18.4 Å². The molecule has 2 aromatic rings. The first-order valence-corrected chi connectivity index (χ1v) is 12.1. The zero-order valence-electron chi connectivity index (χ0n) is 16.4. The Kier molecular flexibility index (Phi) is 6.85. The first-order valence-electron chi connectivity index (χ1n) is 9.85. The molecule has 8 heteroatoms. The van der Waals surface area contributed by atoms with Crippen molar-refractivity contribution in [2.24, 2.45) is 0 Å². The smallest absolute Gasteiger partial charge is 0.257 e. The minimum Gasteiger partial charge on any atom is -0.298 e. The van der Waals surface area contributed by atoms with Gasteiger partial charge in [-0.3, -0.25) is 10.1 Å². The second kappa shape index (κ2) is 9.15. The number of carbonyl (C=O) groups is 1. The summed E-state index contributed by atoms with van der Waals surface area (Å²) >= 11 is 1.53. The summed E-state index contributed by atoms with van der Waals surface area (Å²) < 4.78 is 27.1. The number of thiazole rings is 1. The Bertz CT molecular complexity index is 891. The number of carbonyl (C=O) groups excluding carboxylic acids is 1. The van der Waals surface area contributed by atoms with Gasteiger partial charge in [-0.2, -0.15) is 4.31 Å². The molecule has 1 aliphatic rings. The molecule has 1 aromatic heterocycles. The minimum atomic E-state index is -3.54. The van der Waals surface area contributed by atoms with Crippen molar-refractivity contribution in [1.29, 1.82) is 0 Å². The van der Waals surface area contributed by atoms with Gasteiger partial charge in [0.1, 0.15) is 0 Å². The second-order valence-electron chi connectivity index (χ2n) is 6.98. The van der Waals surface area contributed by atoms with E-state index in [4.69, 9.17) is 0 Å². The Morgan fingerprint density at radius 1 is 1.11 bits per heavy atom. The van der Waals surface area contributed by atoms with E-state index in [-0.39, 0.29) is 10.8 Å². The molecule has 0 unspecified atom stereocenters. The third-order valence-electron chi connectivity index (χ3n) is 4.77. The van der Waals surface area contributed by atoms with Gasteiger partial charge in [-0.1, -0.05) is 13.8 Å². The van der Waals surface area contributed by atoms with Gasteiger partial charge in [0.05, 0.1) is 10.6 Å². The zero-order chi connectivity index (χ0) is 20.1. The first kappa shape index (κ1) is 21.0. The van der Waals surface area contributed by atoms with Crippen molar-refractivity contribution in [3.63, 3.8) is 0 Å². The first-order chi connectivity index (χ1) is 13.5. The third-order valence-corrected chi connectivity index (χ3v) is 7.75. The number of aromatic nitrogens is 1. The molecule has 1 amide bonds. The fourth-order valence-electron chi connectivity index (χ4n) is 3.35. The largest absolute Gasteiger partial charge is 0.298 e. The molecule has 0 fully saturated rings. The average Bonchev–Trinajstić information content (AvgIpc) is 3.10. The molecule has 1 aliphatic carbocycles. The lowest BCUT2D eigenvalue weighted by Crippen LogP contribution is -2.32. The van der Waals surface area contributed by atoms with Crippen LogP contribution in [-0.4, -0.2) is 36.7 Å². The molecule has 28 heavy (non-hydrogen) atoms. The van der Waals surface area contributed by atoms with E-state index in [0.29, 0.717) is 23.8 Å². The van der Waals surface area contributed by atoms with Crippen molar-refractivity contribution >= 4 is 32.4 Å². The van der Waals surface area contributed by atoms with Crippen molar-refractivity contribution in [1.82, 2.24) is 9.29 Å². The molecular weight excluding hydrogens is 394 g/mol. The molecule has 3 rings (SSSR count). The van der Waals surface area contributed by atoms with Gasteiger partial charge in [-0.25, -0.2) is 13.4 Å². The molecule has 0 bridgehead atoms. The monoisotopic (exact) mass is 421 g/mol. The summed E-state index contributed by atoms with van der Waals surface area (Å²) in [5, 5.41) is 3.46. The van der Waals surface area contributed by atoms with Crippen molar-refractivity contribution in [2.45, 2.75) is 57.3 Å². The van der Waals surface area contributed by atoms with E-state index in [1.54, 1.807) is 12.1 Å². The van der Waals surface area contributed by atoms with Crippen LogP contribution in [0.1, 0.15) is 60.5 Å². The highest BCUT2D eigenvalue weighted by atomic mass is 32.2. The molecule has 0 saturated heterocycles. The minimum absolute atomic E-state index is 0.218. The maximum absolute atomic E-state index is 12.8. The van der Waals surface area contributed by atoms with E-state index in [1.165, 1.54) is 39.1 Å². The Hall–Kier alpha value is -1.77. The number of hydrogen-bond donors (Lipinski definition) is 1. The SMILES string of the molecule is CCCN(CCC)S(=O)(=O)c1ccc(C(=O)Nc2nc3c(s2)CCCC3)cc1. The number of fused-ring (bicyclic) bond motifs is 1. The molecule has 0 atom stereocenters. The van der Waals surface area contributed by atoms with Crippen LogP contribution in [0.15, 0.2) is 29.2 Å². The van der Waals surface area contributed by atoms with E-state index in [2.05, 4.69) is 10.3 Å². The summed E-state index contributed by atoms with van der Waals surface area (Å²) in [7, 11) is -3.54. The lowest BCUT2D eigenvalue weighted by atomic mass is 10.0. The summed E-state index contributed by atoms with van der Waals surface area (Å²) in [5.41, 5.74) is 1.52.